The smallest absolute Gasteiger partial charge is 0.270 e. The van der Waals surface area contributed by atoms with Gasteiger partial charge in [-0.05, 0) is 31.4 Å². The molecule has 2 N–H and O–H groups in total. The van der Waals surface area contributed by atoms with Crippen molar-refractivity contribution < 1.29 is 10.0 Å². The topological polar surface area (TPSA) is 88.3 Å². The highest BCUT2D eigenvalue weighted by atomic mass is 16.6. The summed E-state index contributed by atoms with van der Waals surface area (Å²) in [5.41, 5.74) is -0.464. The molecule has 0 atom stereocenters. The molecule has 1 aromatic carbocycles. The van der Waals surface area contributed by atoms with Gasteiger partial charge < -0.3 is 10.4 Å². The van der Waals surface area contributed by atoms with Gasteiger partial charge in [0.1, 0.15) is 5.82 Å². The molecule has 2 aromatic rings. The number of nitrogens with one attached hydrogen (secondary N) is 1. The molecular weight excluding hydrogens is 246 g/mol. The van der Waals surface area contributed by atoms with Gasteiger partial charge in [0.2, 0.25) is 0 Å². The van der Waals surface area contributed by atoms with Crippen LogP contribution in [0.25, 0.3) is 10.8 Å². The summed E-state index contributed by atoms with van der Waals surface area (Å²) in [5, 5.41) is 24.7. The Bertz CT molecular complexity index is 626. The van der Waals surface area contributed by atoms with E-state index in [1.807, 2.05) is 13.8 Å². The molecule has 0 bridgehead atoms. The number of hydrogen-bond acceptors (Lipinski definition) is 5. The highest BCUT2D eigenvalue weighted by Gasteiger charge is 2.18. The van der Waals surface area contributed by atoms with Gasteiger partial charge in [-0.3, -0.25) is 10.1 Å². The van der Waals surface area contributed by atoms with Crippen LogP contribution >= 0.6 is 0 Å². The summed E-state index contributed by atoms with van der Waals surface area (Å²) in [5.74, 6) is 0.603. The summed E-state index contributed by atoms with van der Waals surface area (Å²) in [6.07, 6.45) is 1.59. The molecule has 0 saturated carbocycles. The SMILES string of the molecule is CC(C)(CO)Nc1nccc2cc([N+](=O)[O-])ccc12. The van der Waals surface area contributed by atoms with Gasteiger partial charge in [-0.1, -0.05) is 0 Å². The van der Waals surface area contributed by atoms with E-state index in [0.717, 1.165) is 10.8 Å². The van der Waals surface area contributed by atoms with Crippen LogP contribution < -0.4 is 5.32 Å². The molecule has 0 amide bonds. The predicted molar refractivity (Wildman–Crippen MR) is 73.2 cm³/mol. The Hall–Kier alpha value is -2.21. The second kappa shape index (κ2) is 4.81. The number of hydrogen-bond donors (Lipinski definition) is 2. The van der Waals surface area contributed by atoms with Gasteiger partial charge in [-0.25, -0.2) is 4.98 Å². The molecule has 100 valence electrons. The molecule has 0 aliphatic heterocycles. The van der Waals surface area contributed by atoms with Crippen LogP contribution in [0.5, 0.6) is 0 Å². The molecule has 0 unspecified atom stereocenters. The lowest BCUT2D eigenvalue weighted by molar-refractivity contribution is -0.384. The summed E-state index contributed by atoms with van der Waals surface area (Å²) < 4.78 is 0. The van der Waals surface area contributed by atoms with Crippen LogP contribution in [-0.4, -0.2) is 27.2 Å². The summed E-state index contributed by atoms with van der Waals surface area (Å²) in [4.78, 5) is 14.5. The minimum atomic E-state index is -0.511. The number of benzene rings is 1. The number of aliphatic hydroxyl groups is 1. The minimum absolute atomic E-state index is 0.0436. The van der Waals surface area contributed by atoms with E-state index < -0.39 is 10.5 Å². The number of nitro benzene ring substituents is 1. The maximum Gasteiger partial charge on any atom is 0.270 e. The molecule has 0 radical (unpaired) electrons. The predicted octanol–water partition coefficient (Wildman–Crippen LogP) is 2.33. The third-order valence-corrected chi connectivity index (χ3v) is 2.81. The van der Waals surface area contributed by atoms with Crippen LogP contribution in [0, 0.1) is 10.1 Å². The molecular formula is C13H15N3O3. The number of nitro groups is 1. The third-order valence-electron chi connectivity index (χ3n) is 2.81. The van der Waals surface area contributed by atoms with Crippen molar-refractivity contribution >= 4 is 22.3 Å². The van der Waals surface area contributed by atoms with E-state index in [4.69, 9.17) is 0 Å². The summed E-state index contributed by atoms with van der Waals surface area (Å²) in [6, 6.07) is 6.34. The Morgan fingerprint density at radius 2 is 2.16 bits per heavy atom. The van der Waals surface area contributed by atoms with Crippen molar-refractivity contribution in [3.63, 3.8) is 0 Å². The number of anilines is 1. The Morgan fingerprint density at radius 3 is 2.79 bits per heavy atom. The fraction of sp³-hybridized carbons (Fsp3) is 0.308. The average Bonchev–Trinajstić information content (AvgIpc) is 2.38. The molecule has 6 heteroatoms. The zero-order chi connectivity index (χ0) is 14.0. The minimum Gasteiger partial charge on any atom is -0.394 e. The van der Waals surface area contributed by atoms with Gasteiger partial charge in [-0.2, -0.15) is 0 Å². The Morgan fingerprint density at radius 1 is 1.42 bits per heavy atom. The lowest BCUT2D eigenvalue weighted by Gasteiger charge is -2.24. The second-order valence-electron chi connectivity index (χ2n) is 4.99. The second-order valence-corrected chi connectivity index (χ2v) is 4.99. The molecule has 0 spiro atoms. The first-order valence-electron chi connectivity index (χ1n) is 5.85. The van der Waals surface area contributed by atoms with Crippen LogP contribution in [0.3, 0.4) is 0 Å². The Labute approximate surface area is 110 Å². The molecule has 1 heterocycles. The normalized spacial score (nSPS) is 11.5. The number of nitrogens with zero attached hydrogens (tertiary/aromatic N) is 2. The van der Waals surface area contributed by atoms with Crippen LogP contribution in [0.4, 0.5) is 11.5 Å². The highest BCUT2D eigenvalue weighted by Crippen LogP contribution is 2.26. The maximum absolute atomic E-state index is 10.7. The largest absolute Gasteiger partial charge is 0.394 e. The van der Waals surface area contributed by atoms with Crippen molar-refractivity contribution in [1.29, 1.82) is 0 Å². The average molecular weight is 261 g/mol. The number of aromatic nitrogens is 1. The lowest BCUT2D eigenvalue weighted by atomic mass is 10.1. The summed E-state index contributed by atoms with van der Waals surface area (Å²) in [7, 11) is 0. The van der Waals surface area contributed by atoms with E-state index in [1.54, 1.807) is 18.3 Å². The first kappa shape index (κ1) is 13.2. The molecule has 2 rings (SSSR count). The standard InChI is InChI=1S/C13H15N3O3/c1-13(2,8-17)15-12-11-4-3-10(16(18)19)7-9(11)5-6-14-12/h3-7,17H,8H2,1-2H3,(H,14,15). The van der Waals surface area contributed by atoms with E-state index in [9.17, 15) is 15.2 Å². The van der Waals surface area contributed by atoms with Crippen molar-refractivity contribution in [2.45, 2.75) is 19.4 Å². The van der Waals surface area contributed by atoms with Gasteiger partial charge in [0, 0.05) is 23.7 Å². The third kappa shape index (κ3) is 2.79. The number of fused-ring (bicyclic) bond motifs is 1. The number of pyridine rings is 1. The number of rotatable bonds is 4. The molecule has 0 aliphatic rings. The maximum atomic E-state index is 10.7. The first-order chi connectivity index (χ1) is 8.93. The zero-order valence-corrected chi connectivity index (χ0v) is 10.8. The number of non-ortho nitro benzene ring substituents is 1. The fourth-order valence-electron chi connectivity index (χ4n) is 1.74. The molecule has 0 fully saturated rings. The van der Waals surface area contributed by atoms with E-state index in [2.05, 4.69) is 10.3 Å². The van der Waals surface area contributed by atoms with Gasteiger partial charge >= 0.3 is 0 Å². The van der Waals surface area contributed by atoms with Gasteiger partial charge in [0.05, 0.1) is 17.1 Å². The lowest BCUT2D eigenvalue weighted by Crippen LogP contribution is -2.35. The van der Waals surface area contributed by atoms with Gasteiger partial charge in [-0.15, -0.1) is 0 Å². The molecule has 6 nitrogen and oxygen atoms in total. The van der Waals surface area contributed by atoms with Crippen LogP contribution in [0.2, 0.25) is 0 Å². The van der Waals surface area contributed by atoms with Crippen molar-refractivity contribution in [1.82, 2.24) is 4.98 Å². The first-order valence-corrected chi connectivity index (χ1v) is 5.85. The molecule has 0 saturated heterocycles. The van der Waals surface area contributed by atoms with Crippen LogP contribution in [-0.2, 0) is 0 Å². The van der Waals surface area contributed by atoms with E-state index in [1.165, 1.54) is 12.1 Å². The fourth-order valence-corrected chi connectivity index (χ4v) is 1.74. The van der Waals surface area contributed by atoms with Crippen LogP contribution in [0.15, 0.2) is 30.5 Å². The molecule has 19 heavy (non-hydrogen) atoms. The van der Waals surface area contributed by atoms with Crippen molar-refractivity contribution in [2.75, 3.05) is 11.9 Å². The van der Waals surface area contributed by atoms with Crippen molar-refractivity contribution in [2.24, 2.45) is 0 Å². The zero-order valence-electron chi connectivity index (χ0n) is 10.8. The molecule has 1 aromatic heterocycles. The number of aliphatic hydroxyl groups excluding tert-OH is 1. The quantitative estimate of drug-likeness (QED) is 0.651. The van der Waals surface area contributed by atoms with E-state index in [0.29, 0.717) is 5.82 Å². The van der Waals surface area contributed by atoms with Gasteiger partial charge in [0.15, 0.2) is 0 Å². The highest BCUT2D eigenvalue weighted by molar-refractivity contribution is 5.93. The van der Waals surface area contributed by atoms with Crippen LogP contribution in [0.1, 0.15) is 13.8 Å². The van der Waals surface area contributed by atoms with E-state index >= 15 is 0 Å². The van der Waals surface area contributed by atoms with Crippen molar-refractivity contribution in [3.05, 3.63) is 40.6 Å². The van der Waals surface area contributed by atoms with E-state index in [-0.39, 0.29) is 12.3 Å². The summed E-state index contributed by atoms with van der Waals surface area (Å²) >= 11 is 0. The Kier molecular flexibility index (Phi) is 3.35. The van der Waals surface area contributed by atoms with Crippen molar-refractivity contribution in [3.8, 4) is 0 Å². The monoisotopic (exact) mass is 261 g/mol. The molecule has 0 aliphatic carbocycles. The Balaban J connectivity index is 2.49. The summed E-state index contributed by atoms with van der Waals surface area (Å²) in [6.45, 7) is 3.65. The van der Waals surface area contributed by atoms with Gasteiger partial charge in [0.25, 0.3) is 5.69 Å².